The van der Waals surface area contributed by atoms with Crippen molar-refractivity contribution in [2.45, 2.75) is 26.7 Å². The molecule has 0 aliphatic heterocycles. The molecule has 13 heavy (non-hydrogen) atoms. The van der Waals surface area contributed by atoms with Gasteiger partial charge in [0.2, 0.25) is 0 Å². The second-order valence-corrected chi connectivity index (χ2v) is 4.93. The van der Waals surface area contributed by atoms with Gasteiger partial charge in [0.1, 0.15) is 0 Å². The molecule has 74 valence electrons. The van der Waals surface area contributed by atoms with Crippen LogP contribution in [0, 0.1) is 5.41 Å². The third-order valence-corrected chi connectivity index (χ3v) is 4.01. The fraction of sp³-hybridized carbons (Fsp3) is 0.700. The monoisotopic (exact) mass is 294 g/mol. The van der Waals surface area contributed by atoms with E-state index in [9.17, 15) is 4.79 Å². The van der Waals surface area contributed by atoms with E-state index >= 15 is 0 Å². The average molecular weight is 294 g/mol. The minimum Gasteiger partial charge on any atom is -0.497 e. The molecule has 0 spiro atoms. The van der Waals surface area contributed by atoms with E-state index in [0.29, 0.717) is 13.0 Å². The Morgan fingerprint density at radius 3 is 2.69 bits per heavy atom. The summed E-state index contributed by atoms with van der Waals surface area (Å²) in [6, 6.07) is 0. The first kappa shape index (κ1) is 11.0. The second-order valence-electron chi connectivity index (χ2n) is 4.16. The molecule has 0 atom stereocenters. The molecule has 0 aromatic heterocycles. The van der Waals surface area contributed by atoms with Crippen LogP contribution < -0.4 is 0 Å². The molecule has 0 fully saturated rings. The van der Waals surface area contributed by atoms with Gasteiger partial charge in [0, 0.05) is 28.8 Å². The summed E-state index contributed by atoms with van der Waals surface area (Å²) >= 11 is 2.35. The standard InChI is InChI=1S/C10H15IO2/c1-10(2,6-11)7-13-9-4-3-8(12)5-9/h5H,3-4,6-7H2,1-2H3. The molecule has 0 saturated heterocycles. The van der Waals surface area contributed by atoms with Crippen molar-refractivity contribution >= 4 is 28.4 Å². The minimum absolute atomic E-state index is 0.197. The fourth-order valence-corrected chi connectivity index (χ4v) is 1.23. The largest absolute Gasteiger partial charge is 0.497 e. The zero-order valence-electron chi connectivity index (χ0n) is 8.10. The van der Waals surface area contributed by atoms with E-state index in [1.165, 1.54) is 0 Å². The third kappa shape index (κ3) is 3.67. The third-order valence-electron chi connectivity index (χ3n) is 1.95. The lowest BCUT2D eigenvalue weighted by Crippen LogP contribution is -2.20. The topological polar surface area (TPSA) is 26.3 Å². The van der Waals surface area contributed by atoms with Crippen LogP contribution in [0.15, 0.2) is 11.8 Å². The Kier molecular flexibility index (Phi) is 3.76. The van der Waals surface area contributed by atoms with Crippen molar-refractivity contribution in [1.29, 1.82) is 0 Å². The maximum Gasteiger partial charge on any atom is 0.159 e. The molecular weight excluding hydrogens is 279 g/mol. The molecule has 3 heteroatoms. The van der Waals surface area contributed by atoms with Crippen molar-refractivity contribution in [3.8, 4) is 0 Å². The van der Waals surface area contributed by atoms with Gasteiger partial charge in [0.25, 0.3) is 0 Å². The van der Waals surface area contributed by atoms with Gasteiger partial charge in [0.05, 0.1) is 12.4 Å². The molecule has 1 aliphatic rings. The molecule has 2 nitrogen and oxygen atoms in total. The Hall–Kier alpha value is -0.0600. The van der Waals surface area contributed by atoms with Crippen LogP contribution in [0.25, 0.3) is 0 Å². The van der Waals surface area contributed by atoms with Gasteiger partial charge < -0.3 is 4.74 Å². The van der Waals surface area contributed by atoms with Gasteiger partial charge in [-0.2, -0.15) is 0 Å². The predicted octanol–water partition coefficient (Wildman–Crippen LogP) is 2.71. The first-order valence-corrected chi connectivity index (χ1v) is 5.98. The van der Waals surface area contributed by atoms with Gasteiger partial charge in [0.15, 0.2) is 5.78 Å². The van der Waals surface area contributed by atoms with E-state index < -0.39 is 0 Å². The quantitative estimate of drug-likeness (QED) is 0.588. The summed E-state index contributed by atoms with van der Waals surface area (Å²) < 4.78 is 6.63. The van der Waals surface area contributed by atoms with E-state index in [-0.39, 0.29) is 11.2 Å². The first-order valence-electron chi connectivity index (χ1n) is 4.46. The Bertz CT molecular complexity index is 231. The minimum atomic E-state index is 0.197. The number of alkyl halides is 1. The van der Waals surface area contributed by atoms with Gasteiger partial charge in [-0.3, -0.25) is 4.79 Å². The Labute approximate surface area is 92.9 Å². The number of rotatable bonds is 4. The lowest BCUT2D eigenvalue weighted by atomic mass is 9.99. The second kappa shape index (κ2) is 4.44. The molecule has 0 radical (unpaired) electrons. The smallest absolute Gasteiger partial charge is 0.159 e. The van der Waals surface area contributed by atoms with Gasteiger partial charge in [-0.15, -0.1) is 0 Å². The molecular formula is C10H15IO2. The lowest BCUT2D eigenvalue weighted by molar-refractivity contribution is -0.114. The van der Waals surface area contributed by atoms with Gasteiger partial charge in [-0.1, -0.05) is 36.4 Å². The van der Waals surface area contributed by atoms with Crippen LogP contribution in [0.2, 0.25) is 0 Å². The molecule has 0 N–H and O–H groups in total. The summed E-state index contributed by atoms with van der Waals surface area (Å²) in [6.07, 6.45) is 3.04. The van der Waals surface area contributed by atoms with Crippen LogP contribution in [0.4, 0.5) is 0 Å². The number of carbonyl (C=O) groups excluding carboxylic acids is 1. The van der Waals surface area contributed by atoms with Crippen LogP contribution in [0.1, 0.15) is 26.7 Å². The van der Waals surface area contributed by atoms with Crippen LogP contribution in [0.5, 0.6) is 0 Å². The van der Waals surface area contributed by atoms with E-state index in [2.05, 4.69) is 36.4 Å². The highest BCUT2D eigenvalue weighted by molar-refractivity contribution is 14.1. The number of carbonyl (C=O) groups is 1. The summed E-state index contributed by atoms with van der Waals surface area (Å²) in [4.78, 5) is 10.9. The Morgan fingerprint density at radius 2 is 2.23 bits per heavy atom. The zero-order chi connectivity index (χ0) is 9.90. The Balaban J connectivity index is 2.35. The molecule has 0 saturated carbocycles. The number of allylic oxidation sites excluding steroid dienone is 2. The van der Waals surface area contributed by atoms with E-state index in [1.54, 1.807) is 6.08 Å². The number of ether oxygens (including phenoxy) is 1. The summed E-state index contributed by atoms with van der Waals surface area (Å²) in [5.74, 6) is 1.06. The Morgan fingerprint density at radius 1 is 1.54 bits per heavy atom. The van der Waals surface area contributed by atoms with E-state index in [1.807, 2.05) is 0 Å². The maximum atomic E-state index is 10.9. The first-order chi connectivity index (χ1) is 6.03. The highest BCUT2D eigenvalue weighted by Crippen LogP contribution is 2.23. The molecule has 0 bridgehead atoms. The summed E-state index contributed by atoms with van der Waals surface area (Å²) in [6.45, 7) is 5.03. The lowest BCUT2D eigenvalue weighted by Gasteiger charge is -2.22. The van der Waals surface area contributed by atoms with Gasteiger partial charge >= 0.3 is 0 Å². The summed E-state index contributed by atoms with van der Waals surface area (Å²) in [5.41, 5.74) is 0.201. The fourth-order valence-electron chi connectivity index (χ4n) is 1.01. The van der Waals surface area contributed by atoms with E-state index in [0.717, 1.165) is 16.6 Å². The maximum absolute atomic E-state index is 10.9. The SMILES string of the molecule is CC(C)(CI)COC1=CC(=O)CC1. The van der Waals surface area contributed by atoms with Crippen molar-refractivity contribution in [2.75, 3.05) is 11.0 Å². The number of hydrogen-bond donors (Lipinski definition) is 0. The van der Waals surface area contributed by atoms with Gasteiger partial charge in [-0.25, -0.2) is 0 Å². The molecule has 1 rings (SSSR count). The highest BCUT2D eigenvalue weighted by atomic mass is 127. The molecule has 1 aliphatic carbocycles. The highest BCUT2D eigenvalue weighted by Gasteiger charge is 2.19. The number of halogens is 1. The molecule has 0 amide bonds. The number of ketones is 1. The van der Waals surface area contributed by atoms with Crippen molar-refractivity contribution in [2.24, 2.45) is 5.41 Å². The van der Waals surface area contributed by atoms with E-state index in [4.69, 9.17) is 4.74 Å². The van der Waals surface area contributed by atoms with Crippen LogP contribution in [0.3, 0.4) is 0 Å². The van der Waals surface area contributed by atoms with Crippen molar-refractivity contribution < 1.29 is 9.53 Å². The van der Waals surface area contributed by atoms with Crippen molar-refractivity contribution in [3.63, 3.8) is 0 Å². The van der Waals surface area contributed by atoms with Crippen LogP contribution in [-0.2, 0) is 9.53 Å². The molecule has 0 aromatic carbocycles. The van der Waals surface area contributed by atoms with Gasteiger partial charge in [-0.05, 0) is 0 Å². The van der Waals surface area contributed by atoms with Crippen molar-refractivity contribution in [3.05, 3.63) is 11.8 Å². The summed E-state index contributed by atoms with van der Waals surface area (Å²) in [5, 5.41) is 0. The van der Waals surface area contributed by atoms with Crippen LogP contribution in [-0.4, -0.2) is 16.8 Å². The average Bonchev–Trinajstić information content (AvgIpc) is 2.48. The molecule has 0 heterocycles. The molecule has 0 aromatic rings. The van der Waals surface area contributed by atoms with Crippen molar-refractivity contribution in [1.82, 2.24) is 0 Å². The number of hydrogen-bond acceptors (Lipinski definition) is 2. The normalized spacial score (nSPS) is 17.5. The van der Waals surface area contributed by atoms with Crippen LogP contribution >= 0.6 is 22.6 Å². The predicted molar refractivity (Wildman–Crippen MR) is 60.9 cm³/mol. The zero-order valence-corrected chi connectivity index (χ0v) is 10.3. The molecule has 0 unspecified atom stereocenters. The summed E-state index contributed by atoms with van der Waals surface area (Å²) in [7, 11) is 0.